The third kappa shape index (κ3) is 8.02. The van der Waals surface area contributed by atoms with E-state index in [1.54, 1.807) is 7.11 Å². The van der Waals surface area contributed by atoms with E-state index < -0.39 is 49.4 Å². The molecule has 1 saturated heterocycles. The minimum absolute atomic E-state index is 0.325. The van der Waals surface area contributed by atoms with Gasteiger partial charge in [0.25, 0.3) is 0 Å². The first-order chi connectivity index (χ1) is 11.1. The molecule has 0 aromatic heterocycles. The third-order valence-electron chi connectivity index (χ3n) is 3.41. The molecule has 0 N–H and O–H groups in total. The Morgan fingerprint density at radius 2 is 1.36 bits per heavy atom. The Labute approximate surface area is 155 Å². The van der Waals surface area contributed by atoms with Crippen molar-refractivity contribution in [3.63, 3.8) is 0 Å². The summed E-state index contributed by atoms with van der Waals surface area (Å²) in [5.74, 6) is -0.372. The van der Waals surface area contributed by atoms with E-state index in [2.05, 4.69) is 39.3 Å². The summed E-state index contributed by atoms with van der Waals surface area (Å²) in [6, 6.07) is 0. The van der Waals surface area contributed by atoms with Crippen LogP contribution >= 0.6 is 0 Å². The van der Waals surface area contributed by atoms with Crippen molar-refractivity contribution in [1.29, 1.82) is 0 Å². The van der Waals surface area contributed by atoms with Gasteiger partial charge in [-0.2, -0.15) is 0 Å². The van der Waals surface area contributed by atoms with Crippen molar-refractivity contribution in [2.75, 3.05) is 13.7 Å². The molecule has 0 radical (unpaired) electrons. The van der Waals surface area contributed by atoms with Crippen molar-refractivity contribution >= 4 is 30.9 Å². The molecular formula is C16H36O6Si3. The number of methoxy groups -OCH3 is 1. The van der Waals surface area contributed by atoms with Crippen molar-refractivity contribution in [3.8, 4) is 0 Å². The molecule has 9 heteroatoms. The Hall–Kier alpha value is -0.0394. The molecule has 0 bridgehead atoms. The predicted octanol–water partition coefficient (Wildman–Crippen LogP) is 3.22. The second-order valence-electron chi connectivity index (χ2n) is 9.44. The highest BCUT2D eigenvalue weighted by atomic mass is 28.4. The van der Waals surface area contributed by atoms with Crippen LogP contribution in [0.1, 0.15) is 0 Å². The molecule has 25 heavy (non-hydrogen) atoms. The van der Waals surface area contributed by atoms with Crippen molar-refractivity contribution in [1.82, 2.24) is 0 Å². The molecule has 1 unspecified atom stereocenters. The van der Waals surface area contributed by atoms with Gasteiger partial charge in [-0.15, -0.1) is 0 Å². The van der Waals surface area contributed by atoms with Crippen LogP contribution in [-0.4, -0.2) is 69.1 Å². The maximum atomic E-state index is 12.7. The Balaban J connectivity index is 3.08. The Morgan fingerprint density at radius 3 is 1.76 bits per heavy atom. The molecule has 0 aromatic carbocycles. The van der Waals surface area contributed by atoms with Gasteiger partial charge in [-0.1, -0.05) is 0 Å². The third-order valence-corrected chi connectivity index (χ3v) is 6.38. The minimum Gasteiger partial charge on any atom is -0.455 e. The largest absolute Gasteiger partial charge is 0.455 e. The average molecular weight is 409 g/mol. The molecule has 1 rings (SSSR count). The molecule has 1 aliphatic rings. The van der Waals surface area contributed by atoms with Crippen molar-refractivity contribution in [2.24, 2.45) is 0 Å². The summed E-state index contributed by atoms with van der Waals surface area (Å²) >= 11 is 0. The van der Waals surface area contributed by atoms with Crippen molar-refractivity contribution in [2.45, 2.75) is 83.3 Å². The maximum Gasteiger partial charge on any atom is 0.337 e. The van der Waals surface area contributed by atoms with Gasteiger partial charge in [0.1, 0.15) is 12.2 Å². The maximum absolute atomic E-state index is 12.7. The molecule has 0 spiro atoms. The zero-order valence-electron chi connectivity index (χ0n) is 17.5. The van der Waals surface area contributed by atoms with Crippen LogP contribution in [-0.2, 0) is 27.5 Å². The van der Waals surface area contributed by atoms with E-state index in [-0.39, 0.29) is 5.97 Å². The molecule has 0 amide bonds. The zero-order valence-corrected chi connectivity index (χ0v) is 20.5. The number of carbonyl (C=O) groups excluding carboxylic acids is 1. The summed E-state index contributed by atoms with van der Waals surface area (Å²) < 4.78 is 29.8. The van der Waals surface area contributed by atoms with Gasteiger partial charge >= 0.3 is 5.97 Å². The number of rotatable bonds is 8. The fraction of sp³-hybridized carbons (Fsp3) is 0.938. The first kappa shape index (κ1) is 23.0. The van der Waals surface area contributed by atoms with Gasteiger partial charge in [0, 0.05) is 7.11 Å². The van der Waals surface area contributed by atoms with Gasteiger partial charge in [-0.3, -0.25) is 0 Å². The van der Waals surface area contributed by atoms with E-state index in [9.17, 15) is 4.79 Å². The summed E-state index contributed by atoms with van der Waals surface area (Å²) in [6.45, 7) is 19.1. The van der Waals surface area contributed by atoms with E-state index >= 15 is 0 Å². The quantitative estimate of drug-likeness (QED) is 0.454. The van der Waals surface area contributed by atoms with Gasteiger partial charge in [-0.05, 0) is 58.9 Å². The summed E-state index contributed by atoms with van der Waals surface area (Å²) in [4.78, 5) is 12.7. The Kier molecular flexibility index (Phi) is 7.66. The fourth-order valence-electron chi connectivity index (χ4n) is 2.58. The van der Waals surface area contributed by atoms with Crippen LogP contribution in [0, 0.1) is 0 Å². The fourth-order valence-corrected chi connectivity index (χ4v) is 5.31. The molecular weight excluding hydrogens is 372 g/mol. The first-order valence-corrected chi connectivity index (χ1v) is 19.1. The van der Waals surface area contributed by atoms with Crippen LogP contribution in [0.3, 0.4) is 0 Å². The van der Waals surface area contributed by atoms with Gasteiger partial charge in [0.15, 0.2) is 37.2 Å². The summed E-state index contributed by atoms with van der Waals surface area (Å²) in [5.41, 5.74) is 0. The average Bonchev–Trinajstić information content (AvgIpc) is 2.37. The van der Waals surface area contributed by atoms with Gasteiger partial charge in [0.05, 0.1) is 6.61 Å². The molecule has 0 aromatic rings. The van der Waals surface area contributed by atoms with E-state index in [1.165, 1.54) is 0 Å². The van der Waals surface area contributed by atoms with Crippen molar-refractivity contribution < 1.29 is 27.5 Å². The van der Waals surface area contributed by atoms with E-state index in [0.717, 1.165) is 0 Å². The van der Waals surface area contributed by atoms with E-state index in [1.807, 2.05) is 19.6 Å². The molecule has 148 valence electrons. The van der Waals surface area contributed by atoms with E-state index in [4.69, 9.17) is 22.8 Å². The Bertz CT molecular complexity index is 452. The zero-order chi connectivity index (χ0) is 19.6. The lowest BCUT2D eigenvalue weighted by Gasteiger charge is -2.44. The summed E-state index contributed by atoms with van der Waals surface area (Å²) in [5, 5.41) is 0. The number of hydrogen-bond donors (Lipinski definition) is 0. The molecule has 4 atom stereocenters. The standard InChI is InChI=1S/C16H36O6Si3/c1-18-13-12(11-19-23(2,3)4)20-16(17)15(22-25(8,9)10)14(13)21-24(5,6)7/h12-15H,11H2,1-10H3/t12?,13-,14+,15-/m1/s1. The second kappa shape index (κ2) is 8.32. The SMILES string of the molecule is CO[C@@H]1C(CO[Si](C)(C)C)OC(=O)[C@H](O[Si](C)(C)C)[C@H]1O[Si](C)(C)C. The predicted molar refractivity (Wildman–Crippen MR) is 106 cm³/mol. The van der Waals surface area contributed by atoms with Gasteiger partial charge < -0.3 is 22.8 Å². The van der Waals surface area contributed by atoms with Crippen LogP contribution < -0.4 is 0 Å². The minimum atomic E-state index is -1.96. The lowest BCUT2D eigenvalue weighted by Crippen LogP contribution is -2.63. The van der Waals surface area contributed by atoms with Gasteiger partial charge in [-0.25, -0.2) is 4.79 Å². The summed E-state index contributed by atoms with van der Waals surface area (Å²) in [6.07, 6.45) is -2.10. The molecule has 0 aliphatic carbocycles. The second-order valence-corrected chi connectivity index (χ2v) is 22.9. The van der Waals surface area contributed by atoms with Crippen LogP contribution in [0.25, 0.3) is 0 Å². The normalized spacial score (nSPS) is 28.8. The number of cyclic esters (lactones) is 1. The molecule has 0 saturated carbocycles. The molecule has 1 fully saturated rings. The number of carbonyl (C=O) groups is 1. The highest BCUT2D eigenvalue weighted by molar-refractivity contribution is 6.70. The monoisotopic (exact) mass is 408 g/mol. The van der Waals surface area contributed by atoms with E-state index in [0.29, 0.717) is 6.61 Å². The van der Waals surface area contributed by atoms with Gasteiger partial charge in [0.2, 0.25) is 0 Å². The summed E-state index contributed by atoms with van der Waals surface area (Å²) in [7, 11) is -4.00. The highest BCUT2D eigenvalue weighted by Crippen LogP contribution is 2.29. The highest BCUT2D eigenvalue weighted by Gasteiger charge is 2.50. The molecule has 1 heterocycles. The smallest absolute Gasteiger partial charge is 0.337 e. The number of esters is 1. The molecule has 1 aliphatic heterocycles. The van der Waals surface area contributed by atoms with Crippen LogP contribution in [0.4, 0.5) is 0 Å². The van der Waals surface area contributed by atoms with Crippen LogP contribution in [0.15, 0.2) is 0 Å². The lowest BCUT2D eigenvalue weighted by atomic mass is 10.00. The number of ether oxygens (including phenoxy) is 2. The van der Waals surface area contributed by atoms with Crippen LogP contribution in [0.2, 0.25) is 58.9 Å². The number of hydrogen-bond acceptors (Lipinski definition) is 6. The lowest BCUT2D eigenvalue weighted by molar-refractivity contribution is -0.205. The topological polar surface area (TPSA) is 63.2 Å². The molecule has 6 nitrogen and oxygen atoms in total. The van der Waals surface area contributed by atoms with Crippen molar-refractivity contribution in [3.05, 3.63) is 0 Å². The van der Waals surface area contributed by atoms with Crippen LogP contribution in [0.5, 0.6) is 0 Å². The Morgan fingerprint density at radius 1 is 0.840 bits per heavy atom. The first-order valence-electron chi connectivity index (χ1n) is 8.86.